The number of halogens is 1. The number of likely N-dealkylation sites (N-methyl/N-ethyl adjacent to an activating group) is 1. The second kappa shape index (κ2) is 6.92. The highest BCUT2D eigenvalue weighted by Gasteiger charge is 2.32. The predicted molar refractivity (Wildman–Crippen MR) is 88.2 cm³/mol. The Hall–Kier alpha value is -0.580. The van der Waals surface area contributed by atoms with Gasteiger partial charge >= 0.3 is 0 Å². The molecule has 0 aliphatic heterocycles. The molecule has 3 nitrogen and oxygen atoms in total. The van der Waals surface area contributed by atoms with Gasteiger partial charge in [-0.25, -0.2) is 0 Å². The van der Waals surface area contributed by atoms with Crippen molar-refractivity contribution in [1.29, 1.82) is 0 Å². The highest BCUT2D eigenvalue weighted by molar-refractivity contribution is 9.10. The van der Waals surface area contributed by atoms with Crippen molar-refractivity contribution in [3.8, 4) is 0 Å². The molecule has 112 valence electrons. The fraction of sp³-hybridized carbons (Fsp3) is 0.625. The molecule has 0 bridgehead atoms. The van der Waals surface area contributed by atoms with Gasteiger partial charge in [0, 0.05) is 24.6 Å². The average molecular weight is 341 g/mol. The second-order valence-electron chi connectivity index (χ2n) is 5.85. The van der Waals surface area contributed by atoms with E-state index < -0.39 is 5.60 Å². The van der Waals surface area contributed by atoms with Crippen molar-refractivity contribution in [2.75, 3.05) is 25.0 Å². The lowest BCUT2D eigenvalue weighted by atomic mass is 10.0. The van der Waals surface area contributed by atoms with Crippen LogP contribution >= 0.6 is 15.9 Å². The summed E-state index contributed by atoms with van der Waals surface area (Å²) in [5.41, 5.74) is 1.91. The van der Waals surface area contributed by atoms with E-state index in [4.69, 9.17) is 0 Å². The van der Waals surface area contributed by atoms with Crippen molar-refractivity contribution in [3.05, 3.63) is 28.2 Å². The predicted octanol–water partition coefficient (Wildman–Crippen LogP) is 3.30. The van der Waals surface area contributed by atoms with Gasteiger partial charge in [0.05, 0.1) is 11.3 Å². The summed E-state index contributed by atoms with van der Waals surface area (Å²) in [6, 6.07) is 6.44. The van der Waals surface area contributed by atoms with Gasteiger partial charge in [0.2, 0.25) is 0 Å². The largest absolute Gasteiger partial charge is 0.388 e. The van der Waals surface area contributed by atoms with Gasteiger partial charge in [0.25, 0.3) is 0 Å². The van der Waals surface area contributed by atoms with E-state index in [0.717, 1.165) is 48.9 Å². The van der Waals surface area contributed by atoms with E-state index in [2.05, 4.69) is 58.3 Å². The average Bonchev–Trinajstić information content (AvgIpc) is 2.82. The van der Waals surface area contributed by atoms with Crippen LogP contribution in [0.5, 0.6) is 0 Å². The molecule has 2 N–H and O–H groups in total. The van der Waals surface area contributed by atoms with Crippen LogP contribution in [0.15, 0.2) is 22.7 Å². The molecule has 0 atom stereocenters. The van der Waals surface area contributed by atoms with Gasteiger partial charge in [-0.2, -0.15) is 0 Å². The fourth-order valence-electron chi connectivity index (χ4n) is 2.96. The first kappa shape index (κ1) is 15.8. The monoisotopic (exact) mass is 340 g/mol. The van der Waals surface area contributed by atoms with E-state index in [9.17, 15) is 5.11 Å². The Kier molecular flexibility index (Phi) is 5.47. The number of nitrogens with one attached hydrogen (secondary N) is 1. The molecule has 0 unspecified atom stereocenters. The maximum Gasteiger partial charge on any atom is 0.0821 e. The first-order valence-corrected chi connectivity index (χ1v) is 8.26. The molecular formula is C16H25BrN2O. The van der Waals surface area contributed by atoms with Gasteiger partial charge in [-0.15, -0.1) is 0 Å². The van der Waals surface area contributed by atoms with Crippen LogP contribution < -0.4 is 10.2 Å². The molecule has 1 fully saturated rings. The van der Waals surface area contributed by atoms with Crippen LogP contribution in [-0.4, -0.2) is 30.8 Å². The first-order valence-electron chi connectivity index (χ1n) is 7.47. The normalized spacial score (nSPS) is 17.4. The summed E-state index contributed by atoms with van der Waals surface area (Å²) in [6.45, 7) is 4.69. The first-order chi connectivity index (χ1) is 9.54. The lowest BCUT2D eigenvalue weighted by Gasteiger charge is -2.30. The van der Waals surface area contributed by atoms with Crippen LogP contribution in [0.2, 0.25) is 0 Å². The molecule has 20 heavy (non-hydrogen) atoms. The zero-order valence-corrected chi connectivity index (χ0v) is 14.0. The number of hydrogen-bond acceptors (Lipinski definition) is 3. The lowest BCUT2D eigenvalue weighted by molar-refractivity contribution is 0.0559. The van der Waals surface area contributed by atoms with Crippen LogP contribution in [-0.2, 0) is 6.54 Å². The molecule has 0 radical (unpaired) electrons. The summed E-state index contributed by atoms with van der Waals surface area (Å²) in [5.74, 6) is 0. The third kappa shape index (κ3) is 3.96. The molecule has 2 rings (SSSR count). The zero-order chi connectivity index (χ0) is 14.6. The Labute approximate surface area is 130 Å². The fourth-order valence-corrected chi connectivity index (χ4v) is 3.69. The summed E-state index contributed by atoms with van der Waals surface area (Å²) in [6.07, 6.45) is 4.14. The van der Waals surface area contributed by atoms with E-state index in [1.165, 1.54) is 5.56 Å². The molecule has 1 aromatic rings. The second-order valence-corrected chi connectivity index (χ2v) is 6.71. The number of aliphatic hydroxyl groups is 1. The summed E-state index contributed by atoms with van der Waals surface area (Å²) in [7, 11) is 2.06. The van der Waals surface area contributed by atoms with Gasteiger partial charge in [-0.05, 0) is 53.0 Å². The van der Waals surface area contributed by atoms with Crippen molar-refractivity contribution in [1.82, 2.24) is 5.32 Å². The topological polar surface area (TPSA) is 35.5 Å². The number of hydrogen-bond donors (Lipinski definition) is 2. The highest BCUT2D eigenvalue weighted by Crippen LogP contribution is 2.33. The molecule has 0 heterocycles. The Morgan fingerprint density at radius 3 is 2.65 bits per heavy atom. The van der Waals surface area contributed by atoms with Gasteiger partial charge < -0.3 is 15.3 Å². The molecule has 1 aliphatic rings. The van der Waals surface area contributed by atoms with Crippen molar-refractivity contribution < 1.29 is 5.11 Å². The zero-order valence-electron chi connectivity index (χ0n) is 12.5. The van der Waals surface area contributed by atoms with Gasteiger partial charge in [-0.1, -0.05) is 25.8 Å². The minimum absolute atomic E-state index is 0.503. The lowest BCUT2D eigenvalue weighted by Crippen LogP contribution is -2.39. The SMILES string of the molecule is CCNCc1ccc(N(C)CC2(O)CCCC2)c(Br)c1. The molecule has 0 amide bonds. The third-order valence-electron chi connectivity index (χ3n) is 4.07. The van der Waals surface area contributed by atoms with E-state index in [1.807, 2.05) is 0 Å². The Balaban J connectivity index is 2.04. The molecule has 4 heteroatoms. The van der Waals surface area contributed by atoms with E-state index >= 15 is 0 Å². The molecule has 1 saturated carbocycles. The molecule has 0 spiro atoms. The summed E-state index contributed by atoms with van der Waals surface area (Å²) in [5, 5.41) is 13.8. The smallest absolute Gasteiger partial charge is 0.0821 e. The van der Waals surface area contributed by atoms with E-state index in [-0.39, 0.29) is 0 Å². The maximum absolute atomic E-state index is 10.5. The van der Waals surface area contributed by atoms with Crippen LogP contribution in [0, 0.1) is 0 Å². The molecule has 0 aromatic heterocycles. The Morgan fingerprint density at radius 2 is 2.05 bits per heavy atom. The van der Waals surface area contributed by atoms with Crippen molar-refractivity contribution >= 4 is 21.6 Å². The maximum atomic E-state index is 10.5. The minimum atomic E-state index is -0.503. The van der Waals surface area contributed by atoms with Gasteiger partial charge in [-0.3, -0.25) is 0 Å². The minimum Gasteiger partial charge on any atom is -0.388 e. The number of benzene rings is 1. The van der Waals surface area contributed by atoms with Crippen LogP contribution in [0.4, 0.5) is 5.69 Å². The van der Waals surface area contributed by atoms with Crippen LogP contribution in [0.3, 0.4) is 0 Å². The molecule has 1 aliphatic carbocycles. The summed E-state index contributed by atoms with van der Waals surface area (Å²) < 4.78 is 1.09. The summed E-state index contributed by atoms with van der Waals surface area (Å²) in [4.78, 5) is 2.16. The van der Waals surface area contributed by atoms with Gasteiger partial charge in [0.15, 0.2) is 0 Å². The third-order valence-corrected chi connectivity index (χ3v) is 4.70. The quantitative estimate of drug-likeness (QED) is 0.833. The van der Waals surface area contributed by atoms with Crippen molar-refractivity contribution in [2.24, 2.45) is 0 Å². The van der Waals surface area contributed by atoms with Crippen molar-refractivity contribution in [3.63, 3.8) is 0 Å². The summed E-state index contributed by atoms with van der Waals surface area (Å²) >= 11 is 3.66. The highest BCUT2D eigenvalue weighted by atomic mass is 79.9. The van der Waals surface area contributed by atoms with Crippen LogP contribution in [0.1, 0.15) is 38.2 Å². The number of anilines is 1. The molecular weight excluding hydrogens is 316 g/mol. The van der Waals surface area contributed by atoms with Crippen molar-refractivity contribution in [2.45, 2.75) is 44.8 Å². The standard InChI is InChI=1S/C16H25BrN2O/c1-3-18-11-13-6-7-15(14(17)10-13)19(2)12-16(20)8-4-5-9-16/h6-7,10,18,20H,3-5,8-9,11-12H2,1-2H3. The molecule has 0 saturated heterocycles. The number of nitrogens with zero attached hydrogens (tertiary/aromatic N) is 1. The Morgan fingerprint density at radius 1 is 1.35 bits per heavy atom. The number of rotatable bonds is 6. The van der Waals surface area contributed by atoms with Gasteiger partial charge in [0.1, 0.15) is 0 Å². The Bertz CT molecular complexity index is 444. The molecule has 1 aromatic carbocycles. The van der Waals surface area contributed by atoms with Crippen LogP contribution in [0.25, 0.3) is 0 Å². The van der Waals surface area contributed by atoms with E-state index in [1.54, 1.807) is 0 Å². The van der Waals surface area contributed by atoms with E-state index in [0.29, 0.717) is 6.54 Å².